The van der Waals surface area contributed by atoms with E-state index in [9.17, 15) is 4.79 Å². The van der Waals surface area contributed by atoms with Gasteiger partial charge in [0.25, 0.3) is 0 Å². The highest BCUT2D eigenvalue weighted by Gasteiger charge is 2.21. The fourth-order valence-corrected chi connectivity index (χ4v) is 2.26. The highest BCUT2D eigenvalue weighted by atomic mass is 16.5. The first kappa shape index (κ1) is 12.1. The van der Waals surface area contributed by atoms with Gasteiger partial charge in [0.2, 0.25) is 0 Å². The average molecular weight is 233 g/mol. The Morgan fingerprint density at radius 1 is 1.47 bits per heavy atom. The molecule has 1 atom stereocenters. The summed E-state index contributed by atoms with van der Waals surface area (Å²) in [5.74, 6) is 0.765. The van der Waals surface area contributed by atoms with Crippen molar-refractivity contribution < 1.29 is 9.53 Å². The van der Waals surface area contributed by atoms with Gasteiger partial charge in [-0.05, 0) is 45.5 Å². The van der Waals surface area contributed by atoms with E-state index in [-0.39, 0.29) is 5.78 Å². The van der Waals surface area contributed by atoms with Crippen molar-refractivity contribution in [2.45, 2.75) is 25.8 Å². The van der Waals surface area contributed by atoms with Crippen molar-refractivity contribution in [2.24, 2.45) is 0 Å². The predicted octanol–water partition coefficient (Wildman–Crippen LogP) is 2.36. The molecule has 0 aromatic heterocycles. The van der Waals surface area contributed by atoms with Crippen LogP contribution in [0, 0.1) is 0 Å². The Labute approximate surface area is 102 Å². The Balaban J connectivity index is 2.01. The van der Waals surface area contributed by atoms with Gasteiger partial charge >= 0.3 is 0 Å². The minimum Gasteiger partial charge on any atom is -0.491 e. The Hall–Kier alpha value is -1.35. The molecule has 0 N–H and O–H groups in total. The lowest BCUT2D eigenvalue weighted by Gasteiger charge is -2.20. The zero-order valence-electron chi connectivity index (χ0n) is 10.5. The van der Waals surface area contributed by atoms with Crippen LogP contribution in [0.25, 0.3) is 0 Å². The van der Waals surface area contributed by atoms with E-state index in [1.807, 2.05) is 24.3 Å². The monoisotopic (exact) mass is 233 g/mol. The lowest BCUT2D eigenvalue weighted by atomic mass is 10.1. The molecule has 0 bridgehead atoms. The van der Waals surface area contributed by atoms with Crippen molar-refractivity contribution in [3.63, 3.8) is 0 Å². The van der Waals surface area contributed by atoms with Gasteiger partial charge in [-0.3, -0.25) is 4.79 Å². The number of ether oxygens (including phenoxy) is 1. The molecule has 17 heavy (non-hydrogen) atoms. The van der Waals surface area contributed by atoms with E-state index >= 15 is 0 Å². The van der Waals surface area contributed by atoms with Gasteiger partial charge in [-0.1, -0.05) is 12.1 Å². The van der Waals surface area contributed by atoms with E-state index in [1.54, 1.807) is 6.92 Å². The van der Waals surface area contributed by atoms with E-state index < -0.39 is 0 Å². The topological polar surface area (TPSA) is 29.5 Å². The molecule has 3 heteroatoms. The third kappa shape index (κ3) is 2.86. The maximum absolute atomic E-state index is 11.4. The molecule has 1 saturated heterocycles. The van der Waals surface area contributed by atoms with E-state index in [0.29, 0.717) is 24.0 Å². The Kier molecular flexibility index (Phi) is 3.79. The second kappa shape index (κ2) is 5.32. The van der Waals surface area contributed by atoms with Gasteiger partial charge in [0.1, 0.15) is 12.4 Å². The van der Waals surface area contributed by atoms with Crippen LogP contribution in [0.15, 0.2) is 24.3 Å². The summed E-state index contributed by atoms with van der Waals surface area (Å²) in [6, 6.07) is 7.93. The molecule has 0 aliphatic carbocycles. The summed E-state index contributed by atoms with van der Waals surface area (Å²) in [6.07, 6.45) is 2.41. The fourth-order valence-electron chi connectivity index (χ4n) is 2.26. The molecule has 1 aromatic carbocycles. The largest absolute Gasteiger partial charge is 0.491 e. The molecule has 0 radical (unpaired) electrons. The molecule has 3 nitrogen and oxygen atoms in total. The van der Waals surface area contributed by atoms with Crippen LogP contribution in [0.3, 0.4) is 0 Å². The highest BCUT2D eigenvalue weighted by molar-refractivity contribution is 5.96. The van der Waals surface area contributed by atoms with Crippen LogP contribution in [-0.4, -0.2) is 36.9 Å². The van der Waals surface area contributed by atoms with Crippen LogP contribution < -0.4 is 4.74 Å². The first-order valence-corrected chi connectivity index (χ1v) is 6.11. The number of likely N-dealkylation sites (tertiary alicyclic amines) is 1. The van der Waals surface area contributed by atoms with Crippen molar-refractivity contribution in [1.29, 1.82) is 0 Å². The fraction of sp³-hybridized carbons (Fsp3) is 0.500. The number of benzene rings is 1. The summed E-state index contributed by atoms with van der Waals surface area (Å²) in [4.78, 5) is 13.8. The van der Waals surface area contributed by atoms with Crippen LogP contribution >= 0.6 is 0 Å². The number of para-hydroxylation sites is 1. The van der Waals surface area contributed by atoms with E-state index in [1.165, 1.54) is 12.8 Å². The van der Waals surface area contributed by atoms with Crippen LogP contribution in [0.2, 0.25) is 0 Å². The summed E-state index contributed by atoms with van der Waals surface area (Å²) in [5.41, 5.74) is 0.674. The normalized spacial score (nSPS) is 20.5. The lowest BCUT2D eigenvalue weighted by Crippen LogP contribution is -2.30. The van der Waals surface area contributed by atoms with Gasteiger partial charge in [0.05, 0.1) is 5.56 Å². The Morgan fingerprint density at radius 3 is 2.88 bits per heavy atom. The van der Waals surface area contributed by atoms with E-state index in [2.05, 4.69) is 11.9 Å². The van der Waals surface area contributed by atoms with Crippen molar-refractivity contribution in [1.82, 2.24) is 4.90 Å². The summed E-state index contributed by atoms with van der Waals surface area (Å²) < 4.78 is 5.79. The van der Waals surface area contributed by atoms with Crippen molar-refractivity contribution in [3.05, 3.63) is 29.8 Å². The van der Waals surface area contributed by atoms with Crippen LogP contribution in [0.5, 0.6) is 5.75 Å². The molecule has 0 saturated carbocycles. The summed E-state index contributed by atoms with van der Waals surface area (Å²) in [7, 11) is 2.12. The quantitative estimate of drug-likeness (QED) is 0.748. The maximum atomic E-state index is 11.4. The molecule has 0 unspecified atom stereocenters. The van der Waals surface area contributed by atoms with Crippen LogP contribution in [0.4, 0.5) is 0 Å². The smallest absolute Gasteiger partial charge is 0.163 e. The standard InChI is InChI=1S/C14H19NO2/c1-11(16)13-7-3-4-8-14(13)17-10-12-6-5-9-15(12)2/h3-4,7-8,12H,5-6,9-10H2,1-2H3/t12-/m0/s1. The van der Waals surface area contributed by atoms with Gasteiger partial charge in [-0.25, -0.2) is 0 Å². The molecule has 1 aliphatic heterocycles. The first-order chi connectivity index (χ1) is 8.18. The number of hydrogen-bond donors (Lipinski definition) is 0. The van der Waals surface area contributed by atoms with Crippen LogP contribution in [0.1, 0.15) is 30.1 Å². The molecule has 1 aromatic rings. The SMILES string of the molecule is CC(=O)c1ccccc1OC[C@@H]1CCCN1C. The minimum absolute atomic E-state index is 0.0559. The average Bonchev–Trinajstić information content (AvgIpc) is 2.72. The van der Waals surface area contributed by atoms with Crippen molar-refractivity contribution in [2.75, 3.05) is 20.2 Å². The zero-order valence-corrected chi connectivity index (χ0v) is 10.5. The molecular weight excluding hydrogens is 214 g/mol. The van der Waals surface area contributed by atoms with Crippen LogP contribution in [-0.2, 0) is 0 Å². The summed E-state index contributed by atoms with van der Waals surface area (Å²) in [6.45, 7) is 3.38. The minimum atomic E-state index is 0.0559. The zero-order chi connectivity index (χ0) is 12.3. The third-order valence-electron chi connectivity index (χ3n) is 3.37. The number of likely N-dealkylation sites (N-methyl/N-ethyl adjacent to an activating group) is 1. The number of rotatable bonds is 4. The van der Waals surface area contributed by atoms with E-state index in [4.69, 9.17) is 4.74 Å². The number of hydrogen-bond acceptors (Lipinski definition) is 3. The number of nitrogens with zero attached hydrogens (tertiary/aromatic N) is 1. The van der Waals surface area contributed by atoms with Gasteiger partial charge in [-0.2, -0.15) is 0 Å². The second-order valence-electron chi connectivity index (χ2n) is 4.64. The van der Waals surface area contributed by atoms with Crippen molar-refractivity contribution >= 4 is 5.78 Å². The maximum Gasteiger partial charge on any atom is 0.163 e. The molecule has 0 spiro atoms. The molecular formula is C14H19NO2. The molecule has 1 aliphatic rings. The summed E-state index contributed by atoms with van der Waals surface area (Å²) >= 11 is 0. The van der Waals surface area contributed by atoms with Gasteiger partial charge in [0.15, 0.2) is 5.78 Å². The predicted molar refractivity (Wildman–Crippen MR) is 67.6 cm³/mol. The Morgan fingerprint density at radius 2 is 2.24 bits per heavy atom. The number of carbonyl (C=O) groups excluding carboxylic acids is 1. The third-order valence-corrected chi connectivity index (χ3v) is 3.37. The first-order valence-electron chi connectivity index (χ1n) is 6.11. The second-order valence-corrected chi connectivity index (χ2v) is 4.64. The number of ketones is 1. The molecule has 1 heterocycles. The number of Topliss-reactive ketones (excluding diaryl/α,β-unsaturated/α-hetero) is 1. The molecule has 2 rings (SSSR count). The van der Waals surface area contributed by atoms with E-state index in [0.717, 1.165) is 6.54 Å². The summed E-state index contributed by atoms with van der Waals surface area (Å²) in [5, 5.41) is 0. The van der Waals surface area contributed by atoms with Gasteiger partial charge in [-0.15, -0.1) is 0 Å². The Bertz CT molecular complexity index is 403. The number of carbonyl (C=O) groups is 1. The van der Waals surface area contributed by atoms with Gasteiger partial charge < -0.3 is 9.64 Å². The molecule has 0 amide bonds. The lowest BCUT2D eigenvalue weighted by molar-refractivity contribution is 0.101. The van der Waals surface area contributed by atoms with Crippen molar-refractivity contribution in [3.8, 4) is 5.75 Å². The highest BCUT2D eigenvalue weighted by Crippen LogP contribution is 2.21. The molecule has 1 fully saturated rings. The molecule has 92 valence electrons. The van der Waals surface area contributed by atoms with Gasteiger partial charge in [0, 0.05) is 6.04 Å².